The number of hydrogen-bond donors (Lipinski definition) is 1. The van der Waals surface area contributed by atoms with E-state index in [1.54, 1.807) is 0 Å². The van der Waals surface area contributed by atoms with Crippen molar-refractivity contribution in [2.75, 3.05) is 19.7 Å². The van der Waals surface area contributed by atoms with Gasteiger partial charge in [0.05, 0.1) is 6.61 Å². The van der Waals surface area contributed by atoms with E-state index in [4.69, 9.17) is 10.3 Å². The maximum atomic E-state index is 12.4. The molecule has 0 aromatic carbocycles. The summed E-state index contributed by atoms with van der Waals surface area (Å²) in [5.74, 6) is 0.213. The molecule has 1 N–H and O–H groups in total. The number of azide groups is 1. The number of carbonyl (C=O) groups is 1. The minimum Gasteiger partial charge on any atom is -0.465 e. The van der Waals surface area contributed by atoms with E-state index in [1.165, 1.54) is 6.42 Å². The van der Waals surface area contributed by atoms with Gasteiger partial charge in [-0.3, -0.25) is 4.79 Å². The third kappa shape index (κ3) is 4.12. The van der Waals surface area contributed by atoms with Crippen molar-refractivity contribution in [1.29, 1.82) is 0 Å². The number of ether oxygens (including phenoxy) is 1. The molecule has 0 saturated heterocycles. The zero-order valence-electron chi connectivity index (χ0n) is 12.6. The molecule has 0 heterocycles. The summed E-state index contributed by atoms with van der Waals surface area (Å²) in [6, 6.07) is 0. The van der Waals surface area contributed by atoms with Gasteiger partial charge in [-0.05, 0) is 44.2 Å². The molecule has 0 aliphatic heterocycles. The summed E-state index contributed by atoms with van der Waals surface area (Å²) in [7, 11) is 0. The predicted molar refractivity (Wildman–Crippen MR) is 78.2 cm³/mol. The first-order valence-corrected chi connectivity index (χ1v) is 7.64. The highest BCUT2D eigenvalue weighted by molar-refractivity contribution is 5.81. The smallest absolute Gasteiger partial charge is 0.326 e. The number of rotatable bonds is 8. The van der Waals surface area contributed by atoms with Crippen molar-refractivity contribution in [2.24, 2.45) is 11.0 Å². The third-order valence-electron chi connectivity index (χ3n) is 4.14. The first-order chi connectivity index (χ1) is 9.71. The van der Waals surface area contributed by atoms with E-state index in [0.717, 1.165) is 32.1 Å². The van der Waals surface area contributed by atoms with Crippen molar-refractivity contribution in [2.45, 2.75) is 57.9 Å². The summed E-state index contributed by atoms with van der Waals surface area (Å²) in [4.78, 5) is 15.2. The molecule has 0 spiro atoms. The van der Waals surface area contributed by atoms with Crippen LogP contribution in [0.1, 0.15) is 52.4 Å². The molecule has 0 aromatic rings. The monoisotopic (exact) mass is 282 g/mol. The molecule has 6 heteroatoms. The van der Waals surface area contributed by atoms with Crippen molar-refractivity contribution < 1.29 is 9.53 Å². The SMILES string of the molecule is CCOC(=O)C1(NCCCN=[N+]=[N-])CCCCC1CC. The summed E-state index contributed by atoms with van der Waals surface area (Å²) in [5.41, 5.74) is 7.72. The van der Waals surface area contributed by atoms with Gasteiger partial charge in [-0.1, -0.05) is 31.3 Å². The van der Waals surface area contributed by atoms with Crippen molar-refractivity contribution in [3.05, 3.63) is 10.4 Å². The van der Waals surface area contributed by atoms with Crippen LogP contribution in [0.4, 0.5) is 0 Å². The average Bonchev–Trinajstić information content (AvgIpc) is 2.47. The second kappa shape index (κ2) is 8.82. The number of esters is 1. The number of hydrogen-bond acceptors (Lipinski definition) is 4. The van der Waals surface area contributed by atoms with Crippen LogP contribution in [0.3, 0.4) is 0 Å². The molecular formula is C14H26N4O2. The second-order valence-corrected chi connectivity index (χ2v) is 5.28. The van der Waals surface area contributed by atoms with Crippen LogP contribution in [-0.2, 0) is 9.53 Å². The number of nitrogens with zero attached hydrogens (tertiary/aromatic N) is 3. The highest BCUT2D eigenvalue weighted by Gasteiger charge is 2.46. The van der Waals surface area contributed by atoms with E-state index >= 15 is 0 Å². The van der Waals surface area contributed by atoms with E-state index in [2.05, 4.69) is 22.3 Å². The van der Waals surface area contributed by atoms with E-state index in [0.29, 0.717) is 25.6 Å². The van der Waals surface area contributed by atoms with Crippen LogP contribution in [0.15, 0.2) is 5.11 Å². The highest BCUT2D eigenvalue weighted by Crippen LogP contribution is 2.37. The van der Waals surface area contributed by atoms with Crippen LogP contribution in [0.25, 0.3) is 10.4 Å². The van der Waals surface area contributed by atoms with Crippen LogP contribution in [0.2, 0.25) is 0 Å². The Morgan fingerprint density at radius 3 is 2.95 bits per heavy atom. The molecule has 0 bridgehead atoms. The molecule has 1 fully saturated rings. The fourth-order valence-corrected chi connectivity index (χ4v) is 3.14. The summed E-state index contributed by atoms with van der Waals surface area (Å²) in [5, 5.41) is 6.94. The molecule has 0 radical (unpaired) electrons. The van der Waals surface area contributed by atoms with Gasteiger partial charge in [0, 0.05) is 11.5 Å². The lowest BCUT2D eigenvalue weighted by Gasteiger charge is -2.42. The van der Waals surface area contributed by atoms with E-state index in [-0.39, 0.29) is 5.97 Å². The van der Waals surface area contributed by atoms with Gasteiger partial charge in [0.1, 0.15) is 5.54 Å². The van der Waals surface area contributed by atoms with Gasteiger partial charge in [0.15, 0.2) is 0 Å². The predicted octanol–water partition coefficient (Wildman–Crippen LogP) is 3.18. The van der Waals surface area contributed by atoms with Crippen molar-refractivity contribution in [3.8, 4) is 0 Å². The Morgan fingerprint density at radius 2 is 2.30 bits per heavy atom. The van der Waals surface area contributed by atoms with Gasteiger partial charge in [-0.25, -0.2) is 0 Å². The van der Waals surface area contributed by atoms with Gasteiger partial charge in [-0.2, -0.15) is 0 Å². The van der Waals surface area contributed by atoms with Gasteiger partial charge < -0.3 is 10.1 Å². The molecular weight excluding hydrogens is 256 g/mol. The Kier molecular flexibility index (Phi) is 7.41. The van der Waals surface area contributed by atoms with Gasteiger partial charge in [0.2, 0.25) is 0 Å². The fraction of sp³-hybridized carbons (Fsp3) is 0.929. The molecule has 1 aliphatic rings. The Hall–Kier alpha value is -1.26. The second-order valence-electron chi connectivity index (χ2n) is 5.28. The van der Waals surface area contributed by atoms with Crippen molar-refractivity contribution in [1.82, 2.24) is 5.32 Å². The lowest BCUT2D eigenvalue weighted by molar-refractivity contribution is -0.156. The fourth-order valence-electron chi connectivity index (χ4n) is 3.14. The Labute approximate surface area is 120 Å². The maximum Gasteiger partial charge on any atom is 0.326 e. The minimum absolute atomic E-state index is 0.115. The molecule has 0 aromatic heterocycles. The van der Waals surface area contributed by atoms with Crippen LogP contribution in [0, 0.1) is 5.92 Å². The topological polar surface area (TPSA) is 87.1 Å². The molecule has 114 valence electrons. The largest absolute Gasteiger partial charge is 0.465 e. The van der Waals surface area contributed by atoms with Crippen LogP contribution < -0.4 is 5.32 Å². The third-order valence-corrected chi connectivity index (χ3v) is 4.14. The Morgan fingerprint density at radius 1 is 1.50 bits per heavy atom. The average molecular weight is 282 g/mol. The molecule has 2 unspecified atom stereocenters. The van der Waals surface area contributed by atoms with Gasteiger partial charge >= 0.3 is 5.97 Å². The molecule has 0 amide bonds. The van der Waals surface area contributed by atoms with Gasteiger partial charge in [-0.15, -0.1) is 0 Å². The summed E-state index contributed by atoms with van der Waals surface area (Å²) < 4.78 is 5.31. The van der Waals surface area contributed by atoms with Crippen molar-refractivity contribution in [3.63, 3.8) is 0 Å². The van der Waals surface area contributed by atoms with E-state index in [9.17, 15) is 4.79 Å². The molecule has 20 heavy (non-hydrogen) atoms. The molecule has 2 atom stereocenters. The standard InChI is InChI=1S/C14H26N4O2/c1-3-12-8-5-6-9-14(12,13(19)20-4-2)16-10-7-11-17-18-15/h12,16H,3-11H2,1-2H3. The number of carbonyl (C=O) groups excluding carboxylic acids is 1. The first-order valence-electron chi connectivity index (χ1n) is 7.64. The number of nitrogens with one attached hydrogen (secondary N) is 1. The molecule has 1 rings (SSSR count). The lowest BCUT2D eigenvalue weighted by Crippen LogP contribution is -2.59. The highest BCUT2D eigenvalue weighted by atomic mass is 16.5. The quantitative estimate of drug-likeness (QED) is 0.244. The van der Waals surface area contributed by atoms with Crippen LogP contribution in [0.5, 0.6) is 0 Å². The minimum atomic E-state index is -0.542. The summed E-state index contributed by atoms with van der Waals surface area (Å²) in [6.07, 6.45) is 5.85. The first kappa shape index (κ1) is 16.8. The normalized spacial score (nSPS) is 25.8. The summed E-state index contributed by atoms with van der Waals surface area (Å²) in [6.45, 7) is 5.52. The lowest BCUT2D eigenvalue weighted by atomic mass is 9.71. The van der Waals surface area contributed by atoms with Crippen LogP contribution in [-0.4, -0.2) is 31.2 Å². The van der Waals surface area contributed by atoms with E-state index < -0.39 is 5.54 Å². The summed E-state index contributed by atoms with van der Waals surface area (Å²) >= 11 is 0. The van der Waals surface area contributed by atoms with Gasteiger partial charge in [0.25, 0.3) is 0 Å². The zero-order chi connectivity index (χ0) is 14.8. The molecule has 6 nitrogen and oxygen atoms in total. The zero-order valence-corrected chi connectivity index (χ0v) is 12.6. The van der Waals surface area contributed by atoms with Crippen molar-refractivity contribution >= 4 is 5.97 Å². The van der Waals surface area contributed by atoms with E-state index in [1.807, 2.05) is 6.92 Å². The van der Waals surface area contributed by atoms with Crippen LogP contribution >= 0.6 is 0 Å². The maximum absolute atomic E-state index is 12.4. The Bertz CT molecular complexity index is 355. The molecule has 1 aliphatic carbocycles. The molecule has 1 saturated carbocycles. The Balaban J connectivity index is 2.71.